The van der Waals surface area contributed by atoms with Crippen LogP contribution in [0.4, 0.5) is 5.69 Å². The SMILES string of the molecule is CCn1c(Sc2ccc(N)c(C(=O)O)c2)n[nH]c1=O. The Kier molecular flexibility index (Phi) is 3.61. The van der Waals surface area contributed by atoms with Gasteiger partial charge in [-0.05, 0) is 36.9 Å². The molecule has 0 amide bonds. The second-order valence-electron chi connectivity index (χ2n) is 3.71. The van der Waals surface area contributed by atoms with Gasteiger partial charge in [0.05, 0.1) is 5.56 Å². The lowest BCUT2D eigenvalue weighted by Gasteiger charge is -2.05. The second kappa shape index (κ2) is 5.19. The molecule has 2 rings (SSSR count). The van der Waals surface area contributed by atoms with Crippen molar-refractivity contribution in [3.63, 3.8) is 0 Å². The Morgan fingerprint density at radius 1 is 1.58 bits per heavy atom. The quantitative estimate of drug-likeness (QED) is 0.720. The number of anilines is 1. The van der Waals surface area contributed by atoms with Gasteiger partial charge in [-0.15, -0.1) is 5.10 Å². The molecule has 1 aromatic heterocycles. The van der Waals surface area contributed by atoms with Gasteiger partial charge in [0.25, 0.3) is 0 Å². The van der Waals surface area contributed by atoms with E-state index in [1.54, 1.807) is 6.07 Å². The van der Waals surface area contributed by atoms with Gasteiger partial charge in [-0.25, -0.2) is 14.7 Å². The summed E-state index contributed by atoms with van der Waals surface area (Å²) in [5, 5.41) is 15.7. The first-order chi connectivity index (χ1) is 9.02. The molecule has 0 unspecified atom stereocenters. The summed E-state index contributed by atoms with van der Waals surface area (Å²) in [6, 6.07) is 4.67. The molecule has 8 heteroatoms. The van der Waals surface area contributed by atoms with Crippen molar-refractivity contribution < 1.29 is 9.90 Å². The van der Waals surface area contributed by atoms with Gasteiger partial charge >= 0.3 is 11.7 Å². The van der Waals surface area contributed by atoms with Gasteiger partial charge in [0.1, 0.15) is 0 Å². The van der Waals surface area contributed by atoms with E-state index in [2.05, 4.69) is 10.2 Å². The molecule has 7 nitrogen and oxygen atoms in total. The molecule has 0 aliphatic rings. The standard InChI is InChI=1S/C11H12N4O3S/c1-2-15-10(18)13-14-11(15)19-6-3-4-8(12)7(5-6)9(16)17/h3-5H,2,12H2,1H3,(H,13,18)(H,16,17). The van der Waals surface area contributed by atoms with E-state index in [1.807, 2.05) is 6.92 Å². The van der Waals surface area contributed by atoms with Crippen LogP contribution in [0.2, 0.25) is 0 Å². The van der Waals surface area contributed by atoms with E-state index < -0.39 is 5.97 Å². The molecule has 0 spiro atoms. The minimum absolute atomic E-state index is 0.0333. The number of benzene rings is 1. The van der Waals surface area contributed by atoms with Crippen LogP contribution in [0.5, 0.6) is 0 Å². The first kappa shape index (κ1) is 13.2. The maximum absolute atomic E-state index is 11.4. The number of nitrogens with one attached hydrogen (secondary N) is 1. The van der Waals surface area contributed by atoms with Crippen molar-refractivity contribution in [3.05, 3.63) is 34.2 Å². The highest BCUT2D eigenvalue weighted by Gasteiger charge is 2.12. The number of aromatic amines is 1. The van der Waals surface area contributed by atoms with Crippen LogP contribution >= 0.6 is 11.8 Å². The van der Waals surface area contributed by atoms with Crippen LogP contribution in [0, 0.1) is 0 Å². The predicted molar refractivity (Wildman–Crippen MR) is 70.5 cm³/mol. The number of carbonyl (C=O) groups is 1. The molecule has 19 heavy (non-hydrogen) atoms. The van der Waals surface area contributed by atoms with E-state index >= 15 is 0 Å². The molecule has 0 bridgehead atoms. The van der Waals surface area contributed by atoms with E-state index in [4.69, 9.17) is 10.8 Å². The summed E-state index contributed by atoms with van der Waals surface area (Å²) in [6.45, 7) is 2.31. The summed E-state index contributed by atoms with van der Waals surface area (Å²) in [7, 11) is 0. The molecule has 0 atom stereocenters. The average Bonchev–Trinajstić information content (AvgIpc) is 2.72. The fourth-order valence-corrected chi connectivity index (χ4v) is 2.49. The third-order valence-corrected chi connectivity index (χ3v) is 3.49. The number of hydrogen-bond donors (Lipinski definition) is 3. The molecule has 4 N–H and O–H groups in total. The number of rotatable bonds is 4. The second-order valence-corrected chi connectivity index (χ2v) is 4.75. The Morgan fingerprint density at radius 3 is 2.95 bits per heavy atom. The van der Waals surface area contributed by atoms with Gasteiger partial charge in [0.2, 0.25) is 0 Å². The number of carboxylic acids is 1. The molecule has 1 heterocycles. The highest BCUT2D eigenvalue weighted by atomic mass is 32.2. The number of nitrogens with two attached hydrogens (primary N) is 1. The fourth-order valence-electron chi connectivity index (χ4n) is 1.55. The fraction of sp³-hybridized carbons (Fsp3) is 0.182. The zero-order valence-electron chi connectivity index (χ0n) is 10.1. The summed E-state index contributed by atoms with van der Waals surface area (Å²) in [4.78, 5) is 23.0. The Balaban J connectivity index is 2.36. The van der Waals surface area contributed by atoms with Gasteiger partial charge in [0.15, 0.2) is 5.16 Å². The topological polar surface area (TPSA) is 114 Å². The van der Waals surface area contributed by atoms with E-state index in [0.29, 0.717) is 16.6 Å². The van der Waals surface area contributed by atoms with Gasteiger partial charge in [-0.1, -0.05) is 0 Å². The average molecular weight is 280 g/mol. The summed E-state index contributed by atoms with van der Waals surface area (Å²) >= 11 is 1.20. The molecular formula is C11H12N4O3S. The molecule has 1 aromatic carbocycles. The lowest BCUT2D eigenvalue weighted by Crippen LogP contribution is -2.16. The first-order valence-corrected chi connectivity index (χ1v) is 6.30. The summed E-state index contributed by atoms with van der Waals surface area (Å²) in [5.41, 5.74) is 5.52. The van der Waals surface area contributed by atoms with Crippen molar-refractivity contribution in [1.29, 1.82) is 0 Å². The number of hydrogen-bond acceptors (Lipinski definition) is 5. The molecule has 0 aliphatic heterocycles. The van der Waals surface area contributed by atoms with Crippen LogP contribution in [0.1, 0.15) is 17.3 Å². The number of nitrogen functional groups attached to an aromatic ring is 1. The van der Waals surface area contributed by atoms with E-state index in [0.717, 1.165) is 0 Å². The van der Waals surface area contributed by atoms with Crippen molar-refractivity contribution >= 4 is 23.4 Å². The number of aromatic nitrogens is 3. The number of H-pyrrole nitrogens is 1. The van der Waals surface area contributed by atoms with E-state index in [9.17, 15) is 9.59 Å². The van der Waals surface area contributed by atoms with Crippen LogP contribution in [0.25, 0.3) is 0 Å². The number of nitrogens with zero attached hydrogens (tertiary/aromatic N) is 2. The zero-order valence-corrected chi connectivity index (χ0v) is 10.9. The van der Waals surface area contributed by atoms with Crippen LogP contribution in [-0.2, 0) is 6.54 Å². The molecule has 0 aliphatic carbocycles. The Morgan fingerprint density at radius 2 is 2.32 bits per heavy atom. The third-order valence-electron chi connectivity index (χ3n) is 2.50. The van der Waals surface area contributed by atoms with Crippen molar-refractivity contribution in [3.8, 4) is 0 Å². The molecule has 2 aromatic rings. The number of aromatic carboxylic acids is 1. The maximum atomic E-state index is 11.4. The minimum Gasteiger partial charge on any atom is -0.478 e. The Bertz CT molecular complexity index is 677. The summed E-state index contributed by atoms with van der Waals surface area (Å²) in [5.74, 6) is -1.09. The van der Waals surface area contributed by atoms with Crippen LogP contribution in [-0.4, -0.2) is 25.8 Å². The predicted octanol–water partition coefficient (Wildman–Crippen LogP) is 1.02. The van der Waals surface area contributed by atoms with Crippen molar-refractivity contribution in [2.45, 2.75) is 23.5 Å². The molecule has 0 saturated carbocycles. The summed E-state index contributed by atoms with van der Waals surface area (Å²) in [6.07, 6.45) is 0. The normalized spacial score (nSPS) is 10.6. The van der Waals surface area contributed by atoms with Gasteiger partial charge in [-0.3, -0.25) is 4.57 Å². The van der Waals surface area contributed by atoms with Crippen LogP contribution < -0.4 is 11.4 Å². The Hall–Kier alpha value is -2.22. The zero-order chi connectivity index (χ0) is 14.0. The summed E-state index contributed by atoms with van der Waals surface area (Å²) < 4.78 is 1.46. The van der Waals surface area contributed by atoms with Crippen LogP contribution in [0.3, 0.4) is 0 Å². The lowest BCUT2D eigenvalue weighted by atomic mass is 10.2. The molecule has 0 fully saturated rings. The maximum Gasteiger partial charge on any atom is 0.343 e. The minimum atomic E-state index is -1.09. The van der Waals surface area contributed by atoms with Crippen molar-refractivity contribution in [2.24, 2.45) is 0 Å². The smallest absolute Gasteiger partial charge is 0.343 e. The monoisotopic (exact) mass is 280 g/mol. The van der Waals surface area contributed by atoms with E-state index in [1.165, 1.54) is 28.5 Å². The molecule has 100 valence electrons. The van der Waals surface area contributed by atoms with Gasteiger partial charge in [-0.2, -0.15) is 0 Å². The van der Waals surface area contributed by atoms with Gasteiger partial charge in [0, 0.05) is 17.1 Å². The lowest BCUT2D eigenvalue weighted by molar-refractivity contribution is 0.0698. The van der Waals surface area contributed by atoms with Gasteiger partial charge < -0.3 is 10.8 Å². The highest BCUT2D eigenvalue weighted by Crippen LogP contribution is 2.27. The number of carboxylic acid groups (broad SMARTS) is 1. The van der Waals surface area contributed by atoms with Crippen LogP contribution in [0.15, 0.2) is 33.0 Å². The largest absolute Gasteiger partial charge is 0.478 e. The van der Waals surface area contributed by atoms with E-state index in [-0.39, 0.29) is 16.9 Å². The molecular weight excluding hydrogens is 268 g/mol. The van der Waals surface area contributed by atoms with Crippen molar-refractivity contribution in [1.82, 2.24) is 14.8 Å². The third kappa shape index (κ3) is 2.63. The van der Waals surface area contributed by atoms with Crippen molar-refractivity contribution in [2.75, 3.05) is 5.73 Å². The Labute approximate surface area is 112 Å². The highest BCUT2D eigenvalue weighted by molar-refractivity contribution is 7.99. The molecule has 0 saturated heterocycles. The molecule has 0 radical (unpaired) electrons. The first-order valence-electron chi connectivity index (χ1n) is 5.48.